The van der Waals surface area contributed by atoms with Crippen LogP contribution in [-0.2, 0) is 20.8 Å². The van der Waals surface area contributed by atoms with Gasteiger partial charge in [0.25, 0.3) is 0 Å². The molecule has 156 valence electrons. The Morgan fingerprint density at radius 1 is 1.18 bits per heavy atom. The lowest BCUT2D eigenvalue weighted by molar-refractivity contribution is -0.137. The minimum absolute atomic E-state index is 0.0931. The van der Waals surface area contributed by atoms with Crippen LogP contribution in [0.15, 0.2) is 29.2 Å². The normalized spacial score (nSPS) is 20.9. The lowest BCUT2D eigenvalue weighted by Gasteiger charge is -2.40. The Balaban J connectivity index is 1.78. The second-order valence-corrected chi connectivity index (χ2v) is 10.9. The number of nitrogens with two attached hydrogens (primary N) is 1. The third kappa shape index (κ3) is 3.66. The van der Waals surface area contributed by atoms with Crippen molar-refractivity contribution in [3.05, 3.63) is 29.8 Å². The first-order valence-electron chi connectivity index (χ1n) is 9.29. The third-order valence-electron chi connectivity index (χ3n) is 6.14. The van der Waals surface area contributed by atoms with Gasteiger partial charge in [-0.25, -0.2) is 8.42 Å². The molecule has 0 aromatic heterocycles. The second-order valence-electron chi connectivity index (χ2n) is 8.36. The van der Waals surface area contributed by atoms with E-state index in [-0.39, 0.29) is 16.7 Å². The van der Waals surface area contributed by atoms with Crippen LogP contribution in [-0.4, -0.2) is 42.6 Å². The molecular formula is C19H25F3N2O3S. The number of amides is 1. The Labute approximate surface area is 163 Å². The molecule has 5 nitrogen and oxygen atoms in total. The van der Waals surface area contributed by atoms with Gasteiger partial charge in [-0.15, -0.1) is 0 Å². The molecule has 0 radical (unpaired) electrons. The first-order valence-corrected chi connectivity index (χ1v) is 10.8. The highest BCUT2D eigenvalue weighted by molar-refractivity contribution is 7.92. The summed E-state index contributed by atoms with van der Waals surface area (Å²) in [5.74, 6) is -0.367. The number of piperidine rings is 1. The van der Waals surface area contributed by atoms with E-state index in [1.165, 1.54) is 6.07 Å². The van der Waals surface area contributed by atoms with Gasteiger partial charge < -0.3 is 10.6 Å². The van der Waals surface area contributed by atoms with Gasteiger partial charge in [0.2, 0.25) is 5.91 Å². The van der Waals surface area contributed by atoms with Gasteiger partial charge in [-0.1, -0.05) is 6.07 Å². The predicted octanol–water partition coefficient (Wildman–Crippen LogP) is 2.99. The average Bonchev–Trinajstić information content (AvgIpc) is 3.39. The molecule has 1 saturated heterocycles. The van der Waals surface area contributed by atoms with Gasteiger partial charge in [0, 0.05) is 13.1 Å². The lowest BCUT2D eigenvalue weighted by Crippen LogP contribution is -2.52. The number of alkyl halides is 3. The predicted molar refractivity (Wildman–Crippen MR) is 98.2 cm³/mol. The fraction of sp³-hybridized carbons (Fsp3) is 0.632. The third-order valence-corrected chi connectivity index (χ3v) is 8.74. The van der Waals surface area contributed by atoms with Gasteiger partial charge in [-0.05, 0) is 63.6 Å². The molecule has 0 unspecified atom stereocenters. The van der Waals surface area contributed by atoms with Gasteiger partial charge in [0.1, 0.15) is 0 Å². The van der Waals surface area contributed by atoms with Crippen LogP contribution in [0.5, 0.6) is 0 Å². The van der Waals surface area contributed by atoms with E-state index in [4.69, 9.17) is 5.73 Å². The molecule has 1 aromatic rings. The Kier molecular flexibility index (Phi) is 5.07. The van der Waals surface area contributed by atoms with E-state index >= 15 is 0 Å². The summed E-state index contributed by atoms with van der Waals surface area (Å²) >= 11 is 0. The largest absolute Gasteiger partial charge is 0.416 e. The lowest BCUT2D eigenvalue weighted by atomic mass is 9.85. The zero-order valence-corrected chi connectivity index (χ0v) is 16.7. The quantitative estimate of drug-likeness (QED) is 0.815. The number of likely N-dealkylation sites (tertiary alicyclic amines) is 1. The van der Waals surface area contributed by atoms with Crippen LogP contribution in [0.2, 0.25) is 0 Å². The summed E-state index contributed by atoms with van der Waals surface area (Å²) in [5.41, 5.74) is 4.22. The highest BCUT2D eigenvalue weighted by atomic mass is 32.2. The van der Waals surface area contributed by atoms with Crippen LogP contribution >= 0.6 is 0 Å². The Morgan fingerprint density at radius 3 is 2.25 bits per heavy atom. The number of hydrogen-bond donors (Lipinski definition) is 1. The van der Waals surface area contributed by atoms with Gasteiger partial charge in [-0.2, -0.15) is 13.2 Å². The number of benzene rings is 1. The molecule has 0 spiro atoms. The Bertz CT molecular complexity index is 869. The molecule has 2 fully saturated rings. The fourth-order valence-electron chi connectivity index (χ4n) is 3.80. The minimum Gasteiger partial charge on any atom is -0.341 e. The van der Waals surface area contributed by atoms with Crippen LogP contribution in [0.4, 0.5) is 13.2 Å². The van der Waals surface area contributed by atoms with Crippen LogP contribution < -0.4 is 5.73 Å². The highest BCUT2D eigenvalue weighted by Gasteiger charge is 2.50. The molecule has 2 N–H and O–H groups in total. The molecular weight excluding hydrogens is 393 g/mol. The van der Waals surface area contributed by atoms with Gasteiger partial charge >= 0.3 is 6.18 Å². The van der Waals surface area contributed by atoms with E-state index in [1.54, 1.807) is 18.7 Å². The van der Waals surface area contributed by atoms with Crippen molar-refractivity contribution in [2.75, 3.05) is 13.1 Å². The second kappa shape index (κ2) is 6.73. The first kappa shape index (κ1) is 21.1. The maximum absolute atomic E-state index is 13.1. The number of carbonyl (C=O) groups is 1. The molecule has 9 heteroatoms. The molecule has 1 aromatic carbocycles. The Hall–Kier alpha value is -1.61. The van der Waals surface area contributed by atoms with E-state index in [1.807, 2.05) is 0 Å². The number of rotatable bonds is 4. The summed E-state index contributed by atoms with van der Waals surface area (Å²) < 4.78 is 64.0. The zero-order valence-electron chi connectivity index (χ0n) is 15.9. The van der Waals surface area contributed by atoms with Crippen LogP contribution in [0.1, 0.15) is 45.1 Å². The number of carbonyl (C=O) groups excluding carboxylic acids is 1. The van der Waals surface area contributed by atoms with Gasteiger partial charge in [0.05, 0.1) is 20.7 Å². The SMILES string of the molecule is CC(C)(C1CCN(C(=O)C2(N)CC2)CC1)S(=O)(=O)c1cccc(C(F)(F)F)c1. The molecule has 2 aliphatic rings. The molecule has 1 saturated carbocycles. The van der Waals surface area contributed by atoms with Crippen molar-refractivity contribution < 1.29 is 26.4 Å². The summed E-state index contributed by atoms with van der Waals surface area (Å²) in [4.78, 5) is 13.7. The monoisotopic (exact) mass is 418 g/mol. The zero-order chi connectivity index (χ0) is 21.0. The number of hydrogen-bond acceptors (Lipinski definition) is 4. The minimum atomic E-state index is -4.61. The van der Waals surface area contributed by atoms with Crippen LogP contribution in [0.3, 0.4) is 0 Å². The molecule has 3 rings (SSSR count). The highest BCUT2D eigenvalue weighted by Crippen LogP contribution is 2.41. The van der Waals surface area contributed by atoms with Crippen molar-refractivity contribution in [2.45, 2.75) is 60.9 Å². The number of halogens is 3. The summed E-state index contributed by atoms with van der Waals surface area (Å²) in [7, 11) is -4.00. The summed E-state index contributed by atoms with van der Waals surface area (Å²) in [5, 5.41) is 0. The number of sulfone groups is 1. The summed E-state index contributed by atoms with van der Waals surface area (Å²) in [6.07, 6.45) is -2.34. The van der Waals surface area contributed by atoms with Crippen molar-refractivity contribution in [2.24, 2.45) is 11.7 Å². The van der Waals surface area contributed by atoms with E-state index in [9.17, 15) is 26.4 Å². The molecule has 1 aliphatic carbocycles. The van der Waals surface area contributed by atoms with Crippen LogP contribution in [0, 0.1) is 5.92 Å². The smallest absolute Gasteiger partial charge is 0.341 e. The first-order chi connectivity index (χ1) is 12.8. The van der Waals surface area contributed by atoms with Gasteiger partial charge in [0.15, 0.2) is 9.84 Å². The topological polar surface area (TPSA) is 80.5 Å². The molecule has 1 heterocycles. The van der Waals surface area contributed by atoms with Crippen molar-refractivity contribution in [1.29, 1.82) is 0 Å². The maximum atomic E-state index is 13.1. The van der Waals surface area contributed by atoms with Crippen molar-refractivity contribution in [1.82, 2.24) is 4.90 Å². The molecule has 0 atom stereocenters. The average molecular weight is 418 g/mol. The molecule has 1 aliphatic heterocycles. The summed E-state index contributed by atoms with van der Waals surface area (Å²) in [6.45, 7) is 3.92. The number of nitrogens with zero attached hydrogens (tertiary/aromatic N) is 1. The fourth-order valence-corrected chi connectivity index (χ4v) is 5.63. The van der Waals surface area contributed by atoms with Gasteiger partial charge in [-0.3, -0.25) is 4.79 Å². The standard InChI is InChI=1S/C19H25F3N2O3S/c1-17(2,13-6-10-24(11-7-13)16(25)18(23)8-9-18)28(26,27)15-5-3-4-14(12-15)19(20,21)22/h3-5,12-13H,6-11,23H2,1-2H3. The molecule has 28 heavy (non-hydrogen) atoms. The summed E-state index contributed by atoms with van der Waals surface area (Å²) in [6, 6.07) is 3.87. The Morgan fingerprint density at radius 2 is 1.75 bits per heavy atom. The van der Waals surface area contributed by atoms with E-state index in [0.29, 0.717) is 44.8 Å². The van der Waals surface area contributed by atoms with E-state index < -0.39 is 31.9 Å². The van der Waals surface area contributed by atoms with Crippen molar-refractivity contribution in [3.63, 3.8) is 0 Å². The molecule has 0 bridgehead atoms. The van der Waals surface area contributed by atoms with E-state index in [0.717, 1.165) is 12.1 Å². The molecule has 1 amide bonds. The van der Waals surface area contributed by atoms with Crippen molar-refractivity contribution >= 4 is 15.7 Å². The van der Waals surface area contributed by atoms with Crippen molar-refractivity contribution in [3.8, 4) is 0 Å². The van der Waals surface area contributed by atoms with Crippen LogP contribution in [0.25, 0.3) is 0 Å². The van der Waals surface area contributed by atoms with E-state index in [2.05, 4.69) is 0 Å². The maximum Gasteiger partial charge on any atom is 0.416 e.